The molecule has 0 aromatic carbocycles. The van der Waals surface area contributed by atoms with E-state index in [1.807, 2.05) is 20.0 Å². The van der Waals surface area contributed by atoms with Crippen molar-refractivity contribution >= 4 is 29.9 Å². The van der Waals surface area contributed by atoms with Crippen molar-refractivity contribution in [2.45, 2.75) is 46.6 Å². The van der Waals surface area contributed by atoms with E-state index in [-0.39, 0.29) is 24.0 Å². The highest BCUT2D eigenvalue weighted by Gasteiger charge is 2.36. The number of halogens is 1. The average Bonchev–Trinajstić information content (AvgIpc) is 2.93. The number of guanidine groups is 1. The Hall–Kier alpha value is -0.920. The van der Waals surface area contributed by atoms with Gasteiger partial charge in [-0.3, -0.25) is 4.99 Å². The molecule has 1 fully saturated rings. The van der Waals surface area contributed by atoms with Gasteiger partial charge in [0.25, 0.3) is 0 Å². The number of aliphatic imine (C=N–C) groups is 1. The van der Waals surface area contributed by atoms with Gasteiger partial charge in [0, 0.05) is 26.3 Å². The Morgan fingerprint density at radius 1 is 1.41 bits per heavy atom. The van der Waals surface area contributed by atoms with Crippen molar-refractivity contribution in [3.63, 3.8) is 0 Å². The molecule has 0 atom stereocenters. The molecule has 1 aliphatic heterocycles. The lowest BCUT2D eigenvalue weighted by Crippen LogP contribution is -2.41. The summed E-state index contributed by atoms with van der Waals surface area (Å²) in [5, 5.41) is 3.43. The van der Waals surface area contributed by atoms with Crippen molar-refractivity contribution in [1.29, 1.82) is 0 Å². The maximum absolute atomic E-state index is 4.43. The van der Waals surface area contributed by atoms with Gasteiger partial charge in [-0.2, -0.15) is 0 Å². The first-order valence-electron chi connectivity index (χ1n) is 7.86. The molecule has 6 heteroatoms. The molecule has 0 aliphatic carbocycles. The summed E-state index contributed by atoms with van der Waals surface area (Å²) in [4.78, 5) is 15.4. The van der Waals surface area contributed by atoms with Crippen molar-refractivity contribution in [1.82, 2.24) is 20.2 Å². The van der Waals surface area contributed by atoms with Crippen LogP contribution in [0.15, 0.2) is 17.3 Å². The summed E-state index contributed by atoms with van der Waals surface area (Å²) >= 11 is 0. The highest BCUT2D eigenvalue weighted by molar-refractivity contribution is 14.0. The maximum atomic E-state index is 4.43. The van der Waals surface area contributed by atoms with Gasteiger partial charge in [-0.25, -0.2) is 9.97 Å². The van der Waals surface area contributed by atoms with Gasteiger partial charge in [-0.15, -0.1) is 24.0 Å². The Bertz CT molecular complexity index is 499. The highest BCUT2D eigenvalue weighted by atomic mass is 127. The van der Waals surface area contributed by atoms with Crippen molar-refractivity contribution in [2.75, 3.05) is 20.1 Å². The van der Waals surface area contributed by atoms with Gasteiger partial charge in [0.05, 0.1) is 12.2 Å². The molecule has 1 aliphatic rings. The number of aryl methyl sites for hydroxylation is 1. The van der Waals surface area contributed by atoms with Gasteiger partial charge in [0.1, 0.15) is 5.82 Å². The Labute approximate surface area is 151 Å². The number of aromatic nitrogens is 2. The molecular weight excluding hydrogens is 389 g/mol. The summed E-state index contributed by atoms with van der Waals surface area (Å²) in [5.41, 5.74) is 1.46. The second-order valence-electron chi connectivity index (χ2n) is 5.87. The molecule has 22 heavy (non-hydrogen) atoms. The average molecular weight is 417 g/mol. The first-order valence-corrected chi connectivity index (χ1v) is 7.86. The van der Waals surface area contributed by atoms with Crippen LogP contribution in [0.5, 0.6) is 0 Å². The van der Waals surface area contributed by atoms with Crippen LogP contribution in [0.4, 0.5) is 0 Å². The number of nitrogens with zero attached hydrogens (tertiary/aromatic N) is 4. The van der Waals surface area contributed by atoms with E-state index >= 15 is 0 Å². The predicted octanol–water partition coefficient (Wildman–Crippen LogP) is 2.99. The Morgan fingerprint density at radius 2 is 2.14 bits per heavy atom. The highest BCUT2D eigenvalue weighted by Crippen LogP contribution is 2.36. The molecule has 0 unspecified atom stereocenters. The predicted molar refractivity (Wildman–Crippen MR) is 102 cm³/mol. The number of rotatable bonds is 4. The molecule has 1 N–H and O–H groups in total. The molecule has 2 heterocycles. The van der Waals surface area contributed by atoms with Crippen LogP contribution in [0.2, 0.25) is 0 Å². The summed E-state index contributed by atoms with van der Waals surface area (Å²) in [6.45, 7) is 9.39. The van der Waals surface area contributed by atoms with Crippen LogP contribution in [0.3, 0.4) is 0 Å². The topological polar surface area (TPSA) is 53.4 Å². The minimum atomic E-state index is 0. The van der Waals surface area contributed by atoms with Gasteiger partial charge >= 0.3 is 0 Å². The molecule has 124 valence electrons. The summed E-state index contributed by atoms with van der Waals surface area (Å²) in [5.74, 6) is 1.79. The van der Waals surface area contributed by atoms with Crippen molar-refractivity contribution in [3.05, 3.63) is 23.8 Å². The molecule has 0 spiro atoms. The number of nitrogens with one attached hydrogen (secondary N) is 1. The summed E-state index contributed by atoms with van der Waals surface area (Å²) in [6, 6.07) is 1.94. The lowest BCUT2D eigenvalue weighted by atomic mass is 9.82. The zero-order chi connectivity index (χ0) is 15.3. The summed E-state index contributed by atoms with van der Waals surface area (Å²) in [6.07, 6.45) is 5.54. The quantitative estimate of drug-likeness (QED) is 0.465. The van der Waals surface area contributed by atoms with E-state index in [1.54, 1.807) is 6.20 Å². The van der Waals surface area contributed by atoms with Crippen LogP contribution in [0, 0.1) is 12.3 Å². The smallest absolute Gasteiger partial charge is 0.193 e. The van der Waals surface area contributed by atoms with Crippen molar-refractivity contribution in [2.24, 2.45) is 10.4 Å². The Balaban J connectivity index is 0.00000242. The largest absolute Gasteiger partial charge is 0.351 e. The lowest BCUT2D eigenvalue weighted by molar-refractivity contribution is 0.276. The van der Waals surface area contributed by atoms with Crippen LogP contribution in [0.25, 0.3) is 0 Å². The van der Waals surface area contributed by atoms with E-state index in [0.717, 1.165) is 30.6 Å². The van der Waals surface area contributed by atoms with Gasteiger partial charge in [-0.1, -0.05) is 13.8 Å². The molecule has 0 radical (unpaired) electrons. The summed E-state index contributed by atoms with van der Waals surface area (Å²) in [7, 11) is 1.85. The van der Waals surface area contributed by atoms with E-state index in [0.29, 0.717) is 12.0 Å². The van der Waals surface area contributed by atoms with E-state index in [2.05, 4.69) is 39.0 Å². The minimum absolute atomic E-state index is 0. The molecule has 1 saturated heterocycles. The molecule has 1 aromatic rings. The van der Waals surface area contributed by atoms with Crippen LogP contribution in [0.1, 0.15) is 44.6 Å². The van der Waals surface area contributed by atoms with Crippen LogP contribution in [-0.4, -0.2) is 41.0 Å². The first kappa shape index (κ1) is 19.1. The fourth-order valence-electron chi connectivity index (χ4n) is 3.05. The first-order chi connectivity index (χ1) is 10.1. The number of hydrogen-bond acceptors (Lipinski definition) is 3. The molecule has 0 bridgehead atoms. The van der Waals surface area contributed by atoms with Crippen molar-refractivity contribution < 1.29 is 0 Å². The second kappa shape index (κ2) is 8.64. The molecule has 0 saturated carbocycles. The van der Waals surface area contributed by atoms with Crippen LogP contribution >= 0.6 is 24.0 Å². The Morgan fingerprint density at radius 3 is 2.68 bits per heavy atom. The minimum Gasteiger partial charge on any atom is -0.351 e. The maximum Gasteiger partial charge on any atom is 0.193 e. The number of likely N-dealkylation sites (tertiary alicyclic amines) is 1. The number of hydrogen-bond donors (Lipinski definition) is 1. The van der Waals surface area contributed by atoms with Gasteiger partial charge in [0.2, 0.25) is 0 Å². The third-order valence-corrected chi connectivity index (χ3v) is 4.71. The Kier molecular flexibility index (Phi) is 7.52. The van der Waals surface area contributed by atoms with Gasteiger partial charge in [-0.05, 0) is 37.7 Å². The zero-order valence-corrected chi connectivity index (χ0v) is 16.4. The van der Waals surface area contributed by atoms with E-state index in [4.69, 9.17) is 0 Å². The fraction of sp³-hybridized carbons (Fsp3) is 0.688. The SMILES string of the molecule is CCC1(CC)CCN(C(=NC)NCc2ccnc(C)n2)C1.I. The normalized spacial score (nSPS) is 17.3. The third kappa shape index (κ3) is 4.54. The second-order valence-corrected chi connectivity index (χ2v) is 5.87. The monoisotopic (exact) mass is 417 g/mol. The summed E-state index contributed by atoms with van der Waals surface area (Å²) < 4.78 is 0. The lowest BCUT2D eigenvalue weighted by Gasteiger charge is -2.27. The molecule has 2 rings (SSSR count). The molecular formula is C16H28IN5. The molecule has 1 aromatic heterocycles. The van der Waals surface area contributed by atoms with E-state index < -0.39 is 0 Å². The standard InChI is InChI=1S/C16H27N5.HI/c1-5-16(6-2)8-10-21(12-16)15(17-4)19-11-14-7-9-18-13(3)20-14;/h7,9H,5-6,8,10-12H2,1-4H3,(H,17,19);1H. The van der Waals surface area contributed by atoms with E-state index in [9.17, 15) is 0 Å². The zero-order valence-electron chi connectivity index (χ0n) is 14.1. The van der Waals surface area contributed by atoms with E-state index in [1.165, 1.54) is 19.3 Å². The molecule has 5 nitrogen and oxygen atoms in total. The van der Waals surface area contributed by atoms with Crippen molar-refractivity contribution in [3.8, 4) is 0 Å². The van der Waals surface area contributed by atoms with Crippen LogP contribution < -0.4 is 5.32 Å². The van der Waals surface area contributed by atoms with Gasteiger partial charge < -0.3 is 10.2 Å². The fourth-order valence-corrected chi connectivity index (χ4v) is 3.05. The third-order valence-electron chi connectivity index (χ3n) is 4.71. The van der Waals surface area contributed by atoms with Crippen LogP contribution in [-0.2, 0) is 6.54 Å². The van der Waals surface area contributed by atoms with Gasteiger partial charge in [0.15, 0.2) is 5.96 Å². The molecule has 0 amide bonds.